The minimum absolute atomic E-state index is 0.0579. The lowest BCUT2D eigenvalue weighted by Crippen LogP contribution is -2.01. The molecule has 2 aromatic carbocycles. The van der Waals surface area contributed by atoms with Gasteiger partial charge in [-0.1, -0.05) is 35.3 Å². The molecule has 1 aromatic heterocycles. The van der Waals surface area contributed by atoms with E-state index in [1.165, 1.54) is 0 Å². The summed E-state index contributed by atoms with van der Waals surface area (Å²) in [5, 5.41) is 3.99. The van der Waals surface area contributed by atoms with Crippen molar-refractivity contribution in [3.63, 3.8) is 0 Å². The van der Waals surface area contributed by atoms with E-state index in [1.807, 2.05) is 29.6 Å². The van der Waals surface area contributed by atoms with E-state index >= 15 is 0 Å². The van der Waals surface area contributed by atoms with Crippen molar-refractivity contribution in [3.8, 4) is 0 Å². The van der Waals surface area contributed by atoms with Crippen molar-refractivity contribution < 1.29 is 4.79 Å². The van der Waals surface area contributed by atoms with Crippen molar-refractivity contribution in [2.24, 2.45) is 0 Å². The number of ketones is 1. The maximum atomic E-state index is 12.6. The molecule has 0 amide bonds. The molecule has 1 nitrogen and oxygen atoms in total. The van der Waals surface area contributed by atoms with Crippen LogP contribution in [0.3, 0.4) is 0 Å². The Morgan fingerprint density at radius 1 is 1.00 bits per heavy atom. The fourth-order valence-electron chi connectivity index (χ4n) is 2.01. The predicted octanol–water partition coefficient (Wildman–Crippen LogP) is 5.44. The van der Waals surface area contributed by atoms with Crippen molar-refractivity contribution in [1.29, 1.82) is 0 Å². The van der Waals surface area contributed by atoms with Gasteiger partial charge in [-0.25, -0.2) is 0 Å². The Kier molecular flexibility index (Phi) is 3.31. The molecule has 0 aliphatic heterocycles. The molecule has 3 aromatic rings. The van der Waals surface area contributed by atoms with E-state index in [9.17, 15) is 4.79 Å². The average Bonchev–Trinajstić information content (AvgIpc) is 2.84. The molecule has 0 bridgehead atoms. The highest BCUT2D eigenvalue weighted by Crippen LogP contribution is 2.28. The predicted molar refractivity (Wildman–Crippen MR) is 81.7 cm³/mol. The lowest BCUT2D eigenvalue weighted by molar-refractivity contribution is 0.104. The second-order valence-electron chi connectivity index (χ2n) is 4.13. The third-order valence-corrected chi connectivity index (χ3v) is 4.25. The standard InChI is InChI=1S/C15H8Cl2OS/c16-11-6-10(7-12(17)8-11)14(18)13-3-1-2-9-4-5-19-15(9)13/h1-8H. The van der Waals surface area contributed by atoms with Crippen LogP contribution in [-0.2, 0) is 0 Å². The minimum Gasteiger partial charge on any atom is -0.289 e. The van der Waals surface area contributed by atoms with Gasteiger partial charge in [0.05, 0.1) is 0 Å². The van der Waals surface area contributed by atoms with Crippen LogP contribution in [0.4, 0.5) is 0 Å². The van der Waals surface area contributed by atoms with Crippen LogP contribution in [0, 0.1) is 0 Å². The molecule has 0 radical (unpaired) electrons. The highest BCUT2D eigenvalue weighted by Gasteiger charge is 2.14. The first-order valence-electron chi connectivity index (χ1n) is 5.62. The largest absolute Gasteiger partial charge is 0.289 e. The van der Waals surface area contributed by atoms with Gasteiger partial charge in [0, 0.05) is 25.9 Å². The van der Waals surface area contributed by atoms with Crippen LogP contribution in [-0.4, -0.2) is 5.78 Å². The number of carbonyl (C=O) groups is 1. The Balaban J connectivity index is 2.16. The van der Waals surface area contributed by atoms with Gasteiger partial charge in [0.2, 0.25) is 0 Å². The van der Waals surface area contributed by atoms with E-state index < -0.39 is 0 Å². The molecule has 1 heterocycles. The number of hydrogen-bond donors (Lipinski definition) is 0. The number of carbonyl (C=O) groups excluding carboxylic acids is 1. The zero-order valence-electron chi connectivity index (χ0n) is 9.69. The monoisotopic (exact) mass is 306 g/mol. The highest BCUT2D eigenvalue weighted by atomic mass is 35.5. The van der Waals surface area contributed by atoms with Crippen LogP contribution in [0.1, 0.15) is 15.9 Å². The Bertz CT molecular complexity index is 756. The van der Waals surface area contributed by atoms with Gasteiger partial charge in [0.15, 0.2) is 5.78 Å². The molecule has 94 valence electrons. The van der Waals surface area contributed by atoms with Crippen molar-refractivity contribution in [2.45, 2.75) is 0 Å². The molecule has 0 saturated carbocycles. The van der Waals surface area contributed by atoms with Gasteiger partial charge in [-0.2, -0.15) is 0 Å². The quantitative estimate of drug-likeness (QED) is 0.576. The van der Waals surface area contributed by atoms with Crippen LogP contribution in [0.2, 0.25) is 10.0 Å². The van der Waals surface area contributed by atoms with Gasteiger partial charge in [-0.3, -0.25) is 4.79 Å². The van der Waals surface area contributed by atoms with E-state index in [2.05, 4.69) is 0 Å². The van der Waals surface area contributed by atoms with Gasteiger partial charge >= 0.3 is 0 Å². The molecule has 19 heavy (non-hydrogen) atoms. The fourth-order valence-corrected chi connectivity index (χ4v) is 3.45. The first-order chi connectivity index (χ1) is 9.15. The second-order valence-corrected chi connectivity index (χ2v) is 5.92. The molecule has 0 fully saturated rings. The summed E-state index contributed by atoms with van der Waals surface area (Å²) in [7, 11) is 0. The summed E-state index contributed by atoms with van der Waals surface area (Å²) in [6, 6.07) is 12.6. The number of halogens is 2. The van der Waals surface area contributed by atoms with Crippen LogP contribution >= 0.6 is 34.5 Å². The maximum absolute atomic E-state index is 12.6. The molecule has 0 unspecified atom stereocenters. The van der Waals surface area contributed by atoms with Crippen LogP contribution in [0.25, 0.3) is 10.1 Å². The molecule has 4 heteroatoms. The number of benzene rings is 2. The Labute approximate surface area is 124 Å². The van der Waals surface area contributed by atoms with Crippen molar-refractivity contribution in [1.82, 2.24) is 0 Å². The van der Waals surface area contributed by atoms with Crippen molar-refractivity contribution in [2.75, 3.05) is 0 Å². The van der Waals surface area contributed by atoms with E-state index in [0.29, 0.717) is 21.2 Å². The van der Waals surface area contributed by atoms with Crippen LogP contribution < -0.4 is 0 Å². The summed E-state index contributed by atoms with van der Waals surface area (Å²) < 4.78 is 0.989. The Morgan fingerprint density at radius 2 is 1.74 bits per heavy atom. The van der Waals surface area contributed by atoms with Crippen LogP contribution in [0.5, 0.6) is 0 Å². The highest BCUT2D eigenvalue weighted by molar-refractivity contribution is 7.17. The molecule has 0 saturated heterocycles. The molecular weight excluding hydrogens is 299 g/mol. The molecule has 0 N–H and O–H groups in total. The molecular formula is C15H8Cl2OS. The summed E-state index contributed by atoms with van der Waals surface area (Å²) >= 11 is 13.4. The zero-order valence-corrected chi connectivity index (χ0v) is 12.0. The lowest BCUT2D eigenvalue weighted by Gasteiger charge is -2.04. The van der Waals surface area contributed by atoms with Crippen molar-refractivity contribution in [3.05, 3.63) is 69.0 Å². The number of thiophene rings is 1. The molecule has 0 spiro atoms. The third-order valence-electron chi connectivity index (χ3n) is 2.85. The third kappa shape index (κ3) is 2.39. The van der Waals surface area contributed by atoms with Crippen LogP contribution in [0.15, 0.2) is 47.8 Å². The summed E-state index contributed by atoms with van der Waals surface area (Å²) in [5.41, 5.74) is 1.20. The second kappa shape index (κ2) is 4.97. The molecule has 0 atom stereocenters. The minimum atomic E-state index is -0.0579. The fraction of sp³-hybridized carbons (Fsp3) is 0. The van der Waals surface area contributed by atoms with Gasteiger partial charge in [-0.15, -0.1) is 11.3 Å². The maximum Gasteiger partial charge on any atom is 0.194 e. The van der Waals surface area contributed by atoms with E-state index in [0.717, 1.165) is 10.1 Å². The van der Waals surface area contributed by atoms with E-state index in [4.69, 9.17) is 23.2 Å². The van der Waals surface area contributed by atoms with E-state index in [1.54, 1.807) is 29.5 Å². The van der Waals surface area contributed by atoms with Crippen molar-refractivity contribution >= 4 is 50.4 Å². The first-order valence-corrected chi connectivity index (χ1v) is 7.26. The zero-order chi connectivity index (χ0) is 13.4. The Hall–Kier alpha value is -1.35. The van der Waals surface area contributed by atoms with Gasteiger partial charge < -0.3 is 0 Å². The average molecular weight is 307 g/mol. The van der Waals surface area contributed by atoms with Gasteiger partial charge in [-0.05, 0) is 41.1 Å². The molecule has 3 rings (SSSR count). The number of rotatable bonds is 2. The number of hydrogen-bond acceptors (Lipinski definition) is 2. The van der Waals surface area contributed by atoms with Gasteiger partial charge in [0.1, 0.15) is 0 Å². The smallest absolute Gasteiger partial charge is 0.194 e. The summed E-state index contributed by atoms with van der Waals surface area (Å²) in [6.45, 7) is 0. The topological polar surface area (TPSA) is 17.1 Å². The summed E-state index contributed by atoms with van der Waals surface area (Å²) in [4.78, 5) is 12.6. The first kappa shape index (κ1) is 12.7. The summed E-state index contributed by atoms with van der Waals surface area (Å²) in [6.07, 6.45) is 0. The summed E-state index contributed by atoms with van der Waals surface area (Å²) in [5.74, 6) is -0.0579. The lowest BCUT2D eigenvalue weighted by atomic mass is 10.0. The molecule has 0 aliphatic carbocycles. The van der Waals surface area contributed by atoms with Gasteiger partial charge in [0.25, 0.3) is 0 Å². The molecule has 0 aliphatic rings. The number of fused-ring (bicyclic) bond motifs is 1. The van der Waals surface area contributed by atoms with E-state index in [-0.39, 0.29) is 5.78 Å². The normalized spacial score (nSPS) is 10.8. The Morgan fingerprint density at radius 3 is 2.47 bits per heavy atom. The SMILES string of the molecule is O=C(c1cc(Cl)cc(Cl)c1)c1cccc2ccsc12.